The number of aliphatic carboxylic acids is 1. The van der Waals surface area contributed by atoms with Crippen molar-refractivity contribution >= 4 is 17.0 Å². The fourth-order valence-electron chi connectivity index (χ4n) is 4.66. The number of fused-ring (bicyclic) bond motifs is 2. The van der Waals surface area contributed by atoms with Crippen molar-refractivity contribution in [2.24, 2.45) is 5.41 Å². The van der Waals surface area contributed by atoms with Crippen LogP contribution in [0.25, 0.3) is 11.0 Å². The van der Waals surface area contributed by atoms with Crippen molar-refractivity contribution in [2.75, 3.05) is 32.8 Å². The van der Waals surface area contributed by atoms with E-state index in [9.17, 15) is 15.0 Å². The second-order valence-electron chi connectivity index (χ2n) is 7.54. The molecule has 2 aliphatic heterocycles. The summed E-state index contributed by atoms with van der Waals surface area (Å²) >= 11 is 0. The zero-order chi connectivity index (χ0) is 18.1. The molecule has 2 aromatic rings. The highest BCUT2D eigenvalue weighted by molar-refractivity contribution is 5.76. The van der Waals surface area contributed by atoms with Gasteiger partial charge in [0.2, 0.25) is 0 Å². The molecule has 2 fully saturated rings. The van der Waals surface area contributed by atoms with Crippen LogP contribution in [-0.4, -0.2) is 75.1 Å². The highest BCUT2D eigenvalue weighted by Crippen LogP contribution is 2.42. The molecule has 8 nitrogen and oxygen atoms in total. The number of carbonyl (C=O) groups is 1. The average molecular weight is 360 g/mol. The minimum atomic E-state index is -0.811. The SMILES string of the molecule is O=C(O)CN1CCC[C@]2(CO)CCN(Cc3cccc4nonc34)C[C@@H]12. The quantitative estimate of drug-likeness (QED) is 0.813. The van der Waals surface area contributed by atoms with E-state index < -0.39 is 5.97 Å². The number of aromatic nitrogens is 2. The summed E-state index contributed by atoms with van der Waals surface area (Å²) in [5, 5.41) is 27.3. The minimum absolute atomic E-state index is 0.0308. The monoisotopic (exact) mass is 360 g/mol. The van der Waals surface area contributed by atoms with Crippen molar-refractivity contribution in [2.45, 2.75) is 31.8 Å². The van der Waals surface area contributed by atoms with E-state index in [4.69, 9.17) is 4.63 Å². The van der Waals surface area contributed by atoms with Gasteiger partial charge in [-0.15, -0.1) is 0 Å². The van der Waals surface area contributed by atoms with Crippen molar-refractivity contribution in [3.8, 4) is 0 Å². The maximum Gasteiger partial charge on any atom is 0.317 e. The number of rotatable bonds is 5. The predicted molar refractivity (Wildman–Crippen MR) is 93.4 cm³/mol. The molecule has 0 saturated carbocycles. The normalized spacial score (nSPS) is 27.5. The molecule has 26 heavy (non-hydrogen) atoms. The Hall–Kier alpha value is -2.03. The van der Waals surface area contributed by atoms with Crippen LogP contribution in [0.15, 0.2) is 22.8 Å². The van der Waals surface area contributed by atoms with Crippen molar-refractivity contribution in [3.63, 3.8) is 0 Å². The molecule has 8 heteroatoms. The molecule has 2 atom stereocenters. The Labute approximate surface area is 151 Å². The molecule has 0 radical (unpaired) electrons. The van der Waals surface area contributed by atoms with Gasteiger partial charge in [0.25, 0.3) is 0 Å². The summed E-state index contributed by atoms with van der Waals surface area (Å²) < 4.78 is 4.85. The zero-order valence-electron chi connectivity index (χ0n) is 14.7. The van der Waals surface area contributed by atoms with Crippen LogP contribution in [0.3, 0.4) is 0 Å². The molecule has 4 rings (SSSR count). The average Bonchev–Trinajstić information content (AvgIpc) is 3.12. The smallest absolute Gasteiger partial charge is 0.317 e. The number of hydrogen-bond donors (Lipinski definition) is 2. The molecule has 2 N–H and O–H groups in total. The van der Waals surface area contributed by atoms with E-state index in [1.807, 2.05) is 23.1 Å². The van der Waals surface area contributed by atoms with Crippen LogP contribution in [0.4, 0.5) is 0 Å². The van der Waals surface area contributed by atoms with Gasteiger partial charge >= 0.3 is 5.97 Å². The molecule has 1 aromatic carbocycles. The number of carboxylic acid groups (broad SMARTS) is 1. The lowest BCUT2D eigenvalue weighted by Crippen LogP contribution is -2.63. The van der Waals surface area contributed by atoms with Gasteiger partial charge in [-0.2, -0.15) is 0 Å². The van der Waals surface area contributed by atoms with Crippen LogP contribution in [-0.2, 0) is 11.3 Å². The highest BCUT2D eigenvalue weighted by atomic mass is 16.6. The summed E-state index contributed by atoms with van der Waals surface area (Å²) in [6.45, 7) is 3.25. The second-order valence-corrected chi connectivity index (χ2v) is 7.54. The third-order valence-corrected chi connectivity index (χ3v) is 6.04. The van der Waals surface area contributed by atoms with Crippen LogP contribution < -0.4 is 0 Å². The first-order valence-corrected chi connectivity index (χ1v) is 9.10. The Bertz CT molecular complexity index is 794. The lowest BCUT2D eigenvalue weighted by Gasteiger charge is -2.54. The lowest BCUT2D eigenvalue weighted by atomic mass is 9.69. The molecule has 0 unspecified atom stereocenters. The molecule has 0 aliphatic carbocycles. The van der Waals surface area contributed by atoms with Crippen LogP contribution in [0.5, 0.6) is 0 Å². The maximum absolute atomic E-state index is 11.3. The summed E-state index contributed by atoms with van der Waals surface area (Å²) in [5.41, 5.74) is 2.39. The zero-order valence-corrected chi connectivity index (χ0v) is 14.7. The number of benzene rings is 1. The predicted octanol–water partition coefficient (Wildman–Crippen LogP) is 0.956. The number of hydrogen-bond acceptors (Lipinski definition) is 7. The minimum Gasteiger partial charge on any atom is -0.480 e. The number of carboxylic acids is 1. The second kappa shape index (κ2) is 6.94. The third kappa shape index (κ3) is 3.08. The molecule has 2 saturated heterocycles. The lowest BCUT2D eigenvalue weighted by molar-refractivity contribution is -0.143. The van der Waals surface area contributed by atoms with Gasteiger partial charge in [-0.1, -0.05) is 12.1 Å². The molecule has 0 spiro atoms. The number of piperidine rings is 2. The Kier molecular flexibility index (Phi) is 4.64. The molecule has 0 bridgehead atoms. The van der Waals surface area contributed by atoms with Crippen LogP contribution >= 0.6 is 0 Å². The van der Waals surface area contributed by atoms with E-state index >= 15 is 0 Å². The highest BCUT2D eigenvalue weighted by Gasteiger charge is 2.47. The first-order chi connectivity index (χ1) is 12.6. The van der Waals surface area contributed by atoms with Gasteiger partial charge in [0.05, 0.1) is 13.2 Å². The van der Waals surface area contributed by atoms with Gasteiger partial charge in [0.1, 0.15) is 11.0 Å². The molecule has 140 valence electrons. The Morgan fingerprint density at radius 2 is 2.19 bits per heavy atom. The Balaban J connectivity index is 1.55. The summed E-state index contributed by atoms with van der Waals surface area (Å²) in [6.07, 6.45) is 2.77. The first kappa shape index (κ1) is 17.4. The van der Waals surface area contributed by atoms with Crippen molar-refractivity contribution < 1.29 is 19.6 Å². The Morgan fingerprint density at radius 1 is 1.31 bits per heavy atom. The van der Waals surface area contributed by atoms with E-state index in [2.05, 4.69) is 15.2 Å². The van der Waals surface area contributed by atoms with E-state index in [1.54, 1.807) is 0 Å². The first-order valence-electron chi connectivity index (χ1n) is 9.10. The summed E-state index contributed by atoms with van der Waals surface area (Å²) in [5.74, 6) is -0.811. The van der Waals surface area contributed by atoms with Crippen LogP contribution in [0.1, 0.15) is 24.8 Å². The number of nitrogens with zero attached hydrogens (tertiary/aromatic N) is 4. The summed E-state index contributed by atoms with van der Waals surface area (Å²) in [7, 11) is 0. The van der Waals surface area contributed by atoms with E-state index in [0.29, 0.717) is 6.54 Å². The number of aliphatic hydroxyl groups is 1. The van der Waals surface area contributed by atoms with Gasteiger partial charge in [-0.3, -0.25) is 14.6 Å². The summed E-state index contributed by atoms with van der Waals surface area (Å²) in [6, 6.07) is 5.90. The molecule has 2 aliphatic rings. The van der Waals surface area contributed by atoms with Crippen LogP contribution in [0.2, 0.25) is 0 Å². The topological polar surface area (TPSA) is 103 Å². The molecule has 3 heterocycles. The molecular formula is C18H24N4O4. The van der Waals surface area contributed by atoms with Gasteiger partial charge in [0, 0.05) is 24.5 Å². The van der Waals surface area contributed by atoms with Gasteiger partial charge < -0.3 is 10.2 Å². The van der Waals surface area contributed by atoms with E-state index in [1.165, 1.54) is 0 Å². The number of likely N-dealkylation sites (tertiary alicyclic amines) is 2. The fraction of sp³-hybridized carbons (Fsp3) is 0.611. The standard InChI is InChI=1S/C18H24N4O4/c23-12-18-5-2-7-22(11-16(24)25)15(18)10-21(8-6-18)9-13-3-1-4-14-17(13)20-26-19-14/h1,3-4,15,23H,2,5-12H2,(H,24,25)/t15-,18-/m1/s1. The fourth-order valence-corrected chi connectivity index (χ4v) is 4.66. The molecule has 0 amide bonds. The Morgan fingerprint density at radius 3 is 3.00 bits per heavy atom. The van der Waals surface area contributed by atoms with E-state index in [-0.39, 0.29) is 24.6 Å². The maximum atomic E-state index is 11.3. The van der Waals surface area contributed by atoms with Crippen molar-refractivity contribution in [1.29, 1.82) is 0 Å². The van der Waals surface area contributed by atoms with Crippen LogP contribution in [0, 0.1) is 5.41 Å². The number of aliphatic hydroxyl groups excluding tert-OH is 1. The van der Waals surface area contributed by atoms with Gasteiger partial charge in [-0.05, 0) is 54.3 Å². The van der Waals surface area contributed by atoms with Gasteiger partial charge in [-0.25, -0.2) is 4.63 Å². The molecular weight excluding hydrogens is 336 g/mol. The third-order valence-electron chi connectivity index (χ3n) is 6.04. The van der Waals surface area contributed by atoms with Crippen molar-refractivity contribution in [1.82, 2.24) is 20.1 Å². The van der Waals surface area contributed by atoms with E-state index in [0.717, 1.165) is 55.5 Å². The molecule has 1 aromatic heterocycles. The largest absolute Gasteiger partial charge is 0.480 e. The summed E-state index contributed by atoms with van der Waals surface area (Å²) in [4.78, 5) is 15.6. The van der Waals surface area contributed by atoms with Gasteiger partial charge in [0.15, 0.2) is 0 Å². The van der Waals surface area contributed by atoms with Crippen molar-refractivity contribution in [3.05, 3.63) is 23.8 Å².